The Bertz CT molecular complexity index is 382. The number of carbonyl (C=O) groups is 2. The van der Waals surface area contributed by atoms with E-state index in [-0.39, 0.29) is 11.9 Å². The summed E-state index contributed by atoms with van der Waals surface area (Å²) < 4.78 is 0. The summed E-state index contributed by atoms with van der Waals surface area (Å²) in [6, 6.07) is -0.299. The maximum absolute atomic E-state index is 12.1. The maximum atomic E-state index is 12.1. The predicted molar refractivity (Wildman–Crippen MR) is 74.0 cm³/mol. The third-order valence-corrected chi connectivity index (χ3v) is 3.36. The van der Waals surface area contributed by atoms with Crippen molar-refractivity contribution in [3.8, 4) is 0 Å². The van der Waals surface area contributed by atoms with E-state index in [0.717, 1.165) is 0 Å². The molecule has 19 heavy (non-hydrogen) atoms. The Morgan fingerprint density at radius 1 is 1.47 bits per heavy atom. The van der Waals surface area contributed by atoms with Gasteiger partial charge in [-0.15, -0.1) is 0 Å². The van der Waals surface area contributed by atoms with E-state index in [0.29, 0.717) is 31.9 Å². The second kappa shape index (κ2) is 6.40. The molecule has 1 aliphatic heterocycles. The van der Waals surface area contributed by atoms with Gasteiger partial charge in [0.25, 0.3) is 5.91 Å². The first-order valence-corrected chi connectivity index (χ1v) is 6.51. The lowest BCUT2D eigenvalue weighted by Gasteiger charge is -2.19. The van der Waals surface area contributed by atoms with Crippen LogP contribution in [0.3, 0.4) is 0 Å². The van der Waals surface area contributed by atoms with Gasteiger partial charge in [-0.25, -0.2) is 4.79 Å². The summed E-state index contributed by atoms with van der Waals surface area (Å²) in [6.07, 6.45) is 1.28. The highest BCUT2D eigenvalue weighted by molar-refractivity contribution is 6.06. The standard InChI is InChI=1S/C12H23N5O2/c1-5-12(2)9(18)17(11(19)16-12)8-6-7-15-10(13-3)14-4/h5-8H2,1-4H3,(H,16,19)(H2,13,14,15). The van der Waals surface area contributed by atoms with Crippen LogP contribution in [0.1, 0.15) is 26.7 Å². The normalized spacial score (nSPS) is 23.6. The van der Waals surface area contributed by atoms with Gasteiger partial charge in [-0.1, -0.05) is 6.92 Å². The summed E-state index contributed by atoms with van der Waals surface area (Å²) in [5.41, 5.74) is -0.745. The van der Waals surface area contributed by atoms with Gasteiger partial charge in [0.2, 0.25) is 0 Å². The van der Waals surface area contributed by atoms with Crippen molar-refractivity contribution >= 4 is 17.9 Å². The van der Waals surface area contributed by atoms with Crippen LogP contribution in [0.5, 0.6) is 0 Å². The van der Waals surface area contributed by atoms with Gasteiger partial charge >= 0.3 is 6.03 Å². The number of hydrogen-bond donors (Lipinski definition) is 3. The molecule has 1 rings (SSSR count). The number of hydrogen-bond acceptors (Lipinski definition) is 3. The van der Waals surface area contributed by atoms with Gasteiger partial charge in [0.15, 0.2) is 5.96 Å². The van der Waals surface area contributed by atoms with Crippen LogP contribution in [0.2, 0.25) is 0 Å². The molecule has 1 unspecified atom stereocenters. The fourth-order valence-electron chi connectivity index (χ4n) is 1.91. The second-order valence-electron chi connectivity index (χ2n) is 4.68. The molecule has 0 aromatic carbocycles. The first-order chi connectivity index (χ1) is 8.98. The number of guanidine groups is 1. The topological polar surface area (TPSA) is 85.8 Å². The monoisotopic (exact) mass is 269 g/mol. The number of imide groups is 1. The Morgan fingerprint density at radius 3 is 2.63 bits per heavy atom. The second-order valence-corrected chi connectivity index (χ2v) is 4.68. The van der Waals surface area contributed by atoms with Crippen molar-refractivity contribution in [2.75, 3.05) is 27.2 Å². The molecule has 1 aliphatic rings. The zero-order valence-electron chi connectivity index (χ0n) is 12.0. The summed E-state index contributed by atoms with van der Waals surface area (Å²) in [4.78, 5) is 29.1. The molecule has 1 atom stereocenters. The fourth-order valence-corrected chi connectivity index (χ4v) is 1.91. The lowest BCUT2D eigenvalue weighted by atomic mass is 9.99. The molecule has 0 aromatic rings. The molecule has 0 radical (unpaired) electrons. The molecule has 7 nitrogen and oxygen atoms in total. The lowest BCUT2D eigenvalue weighted by molar-refractivity contribution is -0.130. The van der Waals surface area contributed by atoms with Gasteiger partial charge < -0.3 is 16.0 Å². The van der Waals surface area contributed by atoms with Crippen LogP contribution in [0.25, 0.3) is 0 Å². The molecule has 0 spiro atoms. The first-order valence-electron chi connectivity index (χ1n) is 6.51. The Morgan fingerprint density at radius 2 is 2.16 bits per heavy atom. The number of aliphatic imine (C=N–C) groups is 1. The minimum absolute atomic E-state index is 0.141. The van der Waals surface area contributed by atoms with E-state index in [9.17, 15) is 9.59 Å². The largest absolute Gasteiger partial charge is 0.359 e. The average Bonchev–Trinajstić information content (AvgIpc) is 2.62. The maximum Gasteiger partial charge on any atom is 0.325 e. The Labute approximate surface area is 113 Å². The zero-order valence-corrected chi connectivity index (χ0v) is 12.0. The van der Waals surface area contributed by atoms with Crippen LogP contribution < -0.4 is 16.0 Å². The molecule has 3 amide bonds. The summed E-state index contributed by atoms with van der Waals surface area (Å²) in [5, 5.41) is 8.71. The minimum atomic E-state index is -0.745. The van der Waals surface area contributed by atoms with E-state index in [1.165, 1.54) is 4.90 Å². The lowest BCUT2D eigenvalue weighted by Crippen LogP contribution is -2.43. The van der Waals surface area contributed by atoms with Gasteiger partial charge in [-0.3, -0.25) is 14.7 Å². The highest BCUT2D eigenvalue weighted by Crippen LogP contribution is 2.20. The molecule has 1 saturated heterocycles. The van der Waals surface area contributed by atoms with Crippen molar-refractivity contribution in [2.45, 2.75) is 32.2 Å². The summed E-state index contributed by atoms with van der Waals surface area (Å²) in [6.45, 7) is 4.70. The van der Waals surface area contributed by atoms with Crippen LogP contribution in [0.15, 0.2) is 4.99 Å². The molecule has 1 heterocycles. The van der Waals surface area contributed by atoms with E-state index in [2.05, 4.69) is 20.9 Å². The molecule has 108 valence electrons. The third kappa shape index (κ3) is 3.36. The van der Waals surface area contributed by atoms with E-state index in [4.69, 9.17) is 0 Å². The number of urea groups is 1. The van der Waals surface area contributed by atoms with Crippen molar-refractivity contribution < 1.29 is 9.59 Å². The predicted octanol–water partition coefficient (Wildman–Crippen LogP) is -0.108. The molecule has 0 aliphatic carbocycles. The van der Waals surface area contributed by atoms with E-state index in [1.807, 2.05) is 6.92 Å². The number of nitrogens with zero attached hydrogens (tertiary/aromatic N) is 2. The molecule has 0 saturated carbocycles. The minimum Gasteiger partial charge on any atom is -0.359 e. The van der Waals surface area contributed by atoms with Crippen LogP contribution >= 0.6 is 0 Å². The summed E-state index contributed by atoms with van der Waals surface area (Å²) >= 11 is 0. The molecule has 1 fully saturated rings. The van der Waals surface area contributed by atoms with Crippen LogP contribution in [0.4, 0.5) is 4.79 Å². The van der Waals surface area contributed by atoms with Gasteiger partial charge in [0, 0.05) is 27.2 Å². The van der Waals surface area contributed by atoms with Crippen LogP contribution in [-0.4, -0.2) is 55.5 Å². The quantitative estimate of drug-likeness (QED) is 0.281. The highest BCUT2D eigenvalue weighted by atomic mass is 16.2. The van der Waals surface area contributed by atoms with E-state index in [1.54, 1.807) is 21.0 Å². The number of carbonyl (C=O) groups excluding carboxylic acids is 2. The van der Waals surface area contributed by atoms with Gasteiger partial charge in [-0.05, 0) is 19.8 Å². The summed E-state index contributed by atoms with van der Waals surface area (Å²) in [5.74, 6) is 0.550. The number of rotatable bonds is 5. The van der Waals surface area contributed by atoms with Crippen molar-refractivity contribution in [1.29, 1.82) is 0 Å². The highest BCUT2D eigenvalue weighted by Gasteiger charge is 2.45. The van der Waals surface area contributed by atoms with Crippen LogP contribution in [0, 0.1) is 0 Å². The Hall–Kier alpha value is -1.79. The van der Waals surface area contributed by atoms with E-state index >= 15 is 0 Å². The molecule has 0 aromatic heterocycles. The number of amides is 3. The van der Waals surface area contributed by atoms with Gasteiger partial charge in [-0.2, -0.15) is 0 Å². The molecule has 0 bridgehead atoms. The van der Waals surface area contributed by atoms with E-state index < -0.39 is 5.54 Å². The zero-order chi connectivity index (χ0) is 14.5. The fraction of sp³-hybridized carbons (Fsp3) is 0.750. The SMILES string of the molecule is CCC1(C)NC(=O)N(CCCNC(=NC)NC)C1=O. The smallest absolute Gasteiger partial charge is 0.325 e. The Balaban J connectivity index is 2.42. The summed E-state index contributed by atoms with van der Waals surface area (Å²) in [7, 11) is 3.46. The molecular weight excluding hydrogens is 246 g/mol. The van der Waals surface area contributed by atoms with Crippen molar-refractivity contribution in [1.82, 2.24) is 20.9 Å². The van der Waals surface area contributed by atoms with Crippen molar-refractivity contribution in [3.05, 3.63) is 0 Å². The molecular formula is C12H23N5O2. The molecule has 3 N–H and O–H groups in total. The van der Waals surface area contributed by atoms with Gasteiger partial charge in [0.05, 0.1) is 0 Å². The van der Waals surface area contributed by atoms with Crippen molar-refractivity contribution in [2.24, 2.45) is 4.99 Å². The Kier molecular flexibility index (Phi) is 5.14. The third-order valence-electron chi connectivity index (χ3n) is 3.36. The van der Waals surface area contributed by atoms with Crippen LogP contribution in [-0.2, 0) is 4.79 Å². The van der Waals surface area contributed by atoms with Gasteiger partial charge in [0.1, 0.15) is 5.54 Å². The molecule has 7 heteroatoms. The van der Waals surface area contributed by atoms with Crippen molar-refractivity contribution in [3.63, 3.8) is 0 Å². The first kappa shape index (κ1) is 15.3. The number of nitrogens with one attached hydrogen (secondary N) is 3. The average molecular weight is 269 g/mol.